The molecular formula is C17H17N3O5S. The number of carbonyl (C=O) groups is 4. The minimum absolute atomic E-state index is 0.0936. The van der Waals surface area contributed by atoms with Crippen LogP contribution in [0.25, 0.3) is 0 Å². The second-order valence-corrected chi connectivity index (χ2v) is 8.27. The largest absolute Gasteiger partial charge is 0.480 e. The van der Waals surface area contributed by atoms with Crippen LogP contribution < -0.4 is 5.32 Å². The number of β-lactam (4-membered cyclic amide) rings is 1. The molecule has 2 N–H and O–H groups in total. The molecule has 0 radical (unpaired) electrons. The van der Waals surface area contributed by atoms with Gasteiger partial charge in [-0.25, -0.2) is 9.79 Å². The lowest BCUT2D eigenvalue weighted by atomic mass is 9.96. The maximum Gasteiger partial charge on any atom is 0.327 e. The number of aliphatic carboxylic acids is 1. The zero-order valence-corrected chi connectivity index (χ0v) is 14.9. The van der Waals surface area contributed by atoms with E-state index < -0.39 is 40.0 Å². The highest BCUT2D eigenvalue weighted by atomic mass is 32.2. The van der Waals surface area contributed by atoms with Crippen LogP contribution in [0.5, 0.6) is 0 Å². The van der Waals surface area contributed by atoms with E-state index in [9.17, 15) is 24.3 Å². The highest BCUT2D eigenvalue weighted by molar-refractivity contribution is 8.01. The third-order valence-corrected chi connectivity index (χ3v) is 5.98. The van der Waals surface area contributed by atoms with E-state index in [0.29, 0.717) is 5.56 Å². The first-order valence-corrected chi connectivity index (χ1v) is 8.76. The Bertz CT molecular complexity index is 808. The van der Waals surface area contributed by atoms with E-state index in [1.807, 2.05) is 0 Å². The summed E-state index contributed by atoms with van der Waals surface area (Å²) >= 11 is 1.33. The number of rotatable bonds is 5. The standard InChI is InChI=1S/C17H17N3O5S/c1-17(2)12(16(24)25)20-14(23)11(15(20)26-17)19-13(22)10(18-8-21)9-6-4-3-5-7-9/h3-8,11-12,15H,1-2H3,(H,19,22)(H,24,25)/t11-,12+,15-/m1/s1. The van der Waals surface area contributed by atoms with Crippen molar-refractivity contribution >= 4 is 41.7 Å². The maximum absolute atomic E-state index is 12.6. The van der Waals surface area contributed by atoms with Crippen molar-refractivity contribution in [2.75, 3.05) is 0 Å². The predicted octanol–water partition coefficient (Wildman–Crippen LogP) is 0.264. The average molecular weight is 375 g/mol. The van der Waals surface area contributed by atoms with Crippen LogP contribution in [-0.2, 0) is 19.2 Å². The summed E-state index contributed by atoms with van der Waals surface area (Å²) in [6, 6.07) is 6.62. The molecule has 26 heavy (non-hydrogen) atoms. The Kier molecular flexibility index (Phi) is 4.57. The molecule has 3 atom stereocenters. The first kappa shape index (κ1) is 18.1. The van der Waals surface area contributed by atoms with Crippen LogP contribution in [0.1, 0.15) is 19.4 Å². The predicted molar refractivity (Wildman–Crippen MR) is 94.7 cm³/mol. The number of nitrogens with one attached hydrogen (secondary N) is 1. The van der Waals surface area contributed by atoms with Crippen molar-refractivity contribution in [2.45, 2.75) is 36.1 Å². The molecule has 2 aliphatic heterocycles. The molecule has 0 unspecified atom stereocenters. The Hall–Kier alpha value is -2.68. The Morgan fingerprint density at radius 3 is 2.54 bits per heavy atom. The van der Waals surface area contributed by atoms with E-state index in [-0.39, 0.29) is 12.1 Å². The topological polar surface area (TPSA) is 116 Å². The average Bonchev–Trinajstić information content (AvgIpc) is 2.86. The highest BCUT2D eigenvalue weighted by Crippen LogP contribution is 2.50. The van der Waals surface area contributed by atoms with Crippen LogP contribution in [0.15, 0.2) is 35.3 Å². The van der Waals surface area contributed by atoms with Crippen LogP contribution in [0, 0.1) is 0 Å². The number of benzene rings is 1. The normalized spacial score (nSPS) is 26.7. The Labute approximate surface area is 153 Å². The summed E-state index contributed by atoms with van der Waals surface area (Å²) in [7, 11) is 0. The van der Waals surface area contributed by atoms with Gasteiger partial charge in [-0.3, -0.25) is 14.4 Å². The third-order valence-electron chi connectivity index (χ3n) is 4.41. The number of hydrogen-bond donors (Lipinski definition) is 2. The molecule has 2 fully saturated rings. The Balaban J connectivity index is 1.79. The van der Waals surface area contributed by atoms with Crippen molar-refractivity contribution in [3.63, 3.8) is 0 Å². The number of nitrogens with zero attached hydrogens (tertiary/aromatic N) is 2. The monoisotopic (exact) mass is 375 g/mol. The van der Waals surface area contributed by atoms with Gasteiger partial charge in [0.25, 0.3) is 5.91 Å². The molecule has 0 bridgehead atoms. The molecule has 0 aliphatic carbocycles. The lowest BCUT2D eigenvalue weighted by molar-refractivity contribution is -0.160. The number of amides is 3. The van der Waals surface area contributed by atoms with E-state index in [1.54, 1.807) is 44.2 Å². The van der Waals surface area contributed by atoms with E-state index in [4.69, 9.17) is 0 Å². The van der Waals surface area contributed by atoms with Crippen molar-refractivity contribution in [1.29, 1.82) is 0 Å². The summed E-state index contributed by atoms with van der Waals surface area (Å²) in [6.45, 7) is 3.51. The molecule has 1 aromatic rings. The summed E-state index contributed by atoms with van der Waals surface area (Å²) in [5.41, 5.74) is 0.354. The number of carbonyl (C=O) groups excluding carboxylic acids is 3. The van der Waals surface area contributed by atoms with E-state index >= 15 is 0 Å². The molecule has 3 rings (SSSR count). The molecular weight excluding hydrogens is 358 g/mol. The van der Waals surface area contributed by atoms with E-state index in [1.165, 1.54) is 16.7 Å². The smallest absolute Gasteiger partial charge is 0.327 e. The van der Waals surface area contributed by atoms with Gasteiger partial charge in [0, 0.05) is 10.3 Å². The molecule has 0 saturated carbocycles. The maximum atomic E-state index is 12.6. The van der Waals surface area contributed by atoms with Gasteiger partial charge in [0.05, 0.1) is 0 Å². The van der Waals surface area contributed by atoms with Crippen molar-refractivity contribution in [2.24, 2.45) is 4.99 Å². The highest BCUT2D eigenvalue weighted by Gasteiger charge is 2.64. The fourth-order valence-corrected chi connectivity index (χ4v) is 4.89. The van der Waals surface area contributed by atoms with Gasteiger partial charge >= 0.3 is 5.97 Å². The van der Waals surface area contributed by atoms with Crippen molar-refractivity contribution < 1.29 is 24.3 Å². The van der Waals surface area contributed by atoms with Gasteiger partial charge in [-0.1, -0.05) is 30.3 Å². The van der Waals surface area contributed by atoms with Crippen LogP contribution in [-0.4, -0.2) is 62.1 Å². The first-order chi connectivity index (χ1) is 12.3. The summed E-state index contributed by atoms with van der Waals surface area (Å²) < 4.78 is -0.676. The molecule has 3 amide bonds. The summed E-state index contributed by atoms with van der Waals surface area (Å²) in [6.07, 6.45) is 0.269. The van der Waals surface area contributed by atoms with Gasteiger partial charge in [0.1, 0.15) is 23.2 Å². The number of thioether (sulfide) groups is 1. The Morgan fingerprint density at radius 2 is 1.96 bits per heavy atom. The molecule has 0 spiro atoms. The van der Waals surface area contributed by atoms with Crippen molar-refractivity contribution in [3.8, 4) is 0 Å². The lowest BCUT2D eigenvalue weighted by Gasteiger charge is -2.43. The van der Waals surface area contributed by atoms with Gasteiger partial charge < -0.3 is 15.3 Å². The summed E-state index contributed by atoms with van der Waals surface area (Å²) in [5, 5.41) is 11.5. The lowest BCUT2D eigenvalue weighted by Crippen LogP contribution is -2.71. The number of fused-ring (bicyclic) bond motifs is 1. The molecule has 1 aromatic carbocycles. The van der Waals surface area contributed by atoms with Gasteiger partial charge in [-0.05, 0) is 13.8 Å². The second-order valence-electron chi connectivity index (χ2n) is 6.50. The minimum atomic E-state index is -1.07. The third kappa shape index (κ3) is 2.88. The molecule has 2 saturated heterocycles. The van der Waals surface area contributed by atoms with Crippen molar-refractivity contribution in [3.05, 3.63) is 35.9 Å². The number of carboxylic acid groups (broad SMARTS) is 1. The Morgan fingerprint density at radius 1 is 1.31 bits per heavy atom. The molecule has 8 nitrogen and oxygen atoms in total. The van der Waals surface area contributed by atoms with E-state index in [2.05, 4.69) is 10.3 Å². The number of aliphatic imine (C=N–C) groups is 1. The SMILES string of the molecule is CC1(C)S[C@@H]2[C@H](NC(=O)C(=NC=O)c3ccccc3)C(=O)N2[C@H]1C(=O)O. The van der Waals surface area contributed by atoms with Gasteiger partial charge in [-0.2, -0.15) is 0 Å². The van der Waals surface area contributed by atoms with Gasteiger partial charge in [-0.15, -0.1) is 11.8 Å². The van der Waals surface area contributed by atoms with Gasteiger partial charge in [0.15, 0.2) is 0 Å². The van der Waals surface area contributed by atoms with Crippen LogP contribution in [0.2, 0.25) is 0 Å². The van der Waals surface area contributed by atoms with E-state index in [0.717, 1.165) is 0 Å². The number of hydrogen-bond acceptors (Lipinski definition) is 5. The summed E-state index contributed by atoms with van der Waals surface area (Å²) in [4.78, 5) is 52.2. The summed E-state index contributed by atoms with van der Waals surface area (Å²) in [5.74, 6) is -2.18. The van der Waals surface area contributed by atoms with Crippen LogP contribution in [0.3, 0.4) is 0 Å². The van der Waals surface area contributed by atoms with Crippen LogP contribution >= 0.6 is 11.8 Å². The minimum Gasteiger partial charge on any atom is -0.480 e. The zero-order valence-electron chi connectivity index (χ0n) is 14.1. The molecule has 2 heterocycles. The fourth-order valence-electron chi connectivity index (χ4n) is 3.27. The quantitative estimate of drug-likeness (QED) is 0.433. The first-order valence-electron chi connectivity index (χ1n) is 7.88. The molecule has 136 valence electrons. The zero-order chi connectivity index (χ0) is 19.1. The molecule has 2 aliphatic rings. The second kappa shape index (κ2) is 6.56. The van der Waals surface area contributed by atoms with Crippen molar-refractivity contribution in [1.82, 2.24) is 10.2 Å². The number of carboxylic acids is 1. The fraction of sp³-hybridized carbons (Fsp3) is 0.353. The van der Waals surface area contributed by atoms with Crippen LogP contribution in [0.4, 0.5) is 0 Å². The van der Waals surface area contributed by atoms with Gasteiger partial charge in [0.2, 0.25) is 12.3 Å². The molecule has 0 aromatic heterocycles. The molecule has 9 heteroatoms.